The zero-order valence-corrected chi connectivity index (χ0v) is 21.4. The first-order valence-electron chi connectivity index (χ1n) is 12.5. The summed E-state index contributed by atoms with van der Waals surface area (Å²) in [7, 11) is 0. The van der Waals surface area contributed by atoms with Gasteiger partial charge >= 0.3 is 0 Å². The van der Waals surface area contributed by atoms with Crippen molar-refractivity contribution >= 4 is 22.5 Å². The van der Waals surface area contributed by atoms with Crippen LogP contribution < -0.4 is 9.64 Å². The number of benzene rings is 1. The maximum absolute atomic E-state index is 13.1. The molecule has 0 saturated carbocycles. The van der Waals surface area contributed by atoms with E-state index in [0.717, 1.165) is 77.6 Å². The number of carbonyl (C=O) groups is 1. The van der Waals surface area contributed by atoms with Gasteiger partial charge in [-0.2, -0.15) is 5.10 Å². The van der Waals surface area contributed by atoms with Gasteiger partial charge in [-0.3, -0.25) is 4.79 Å². The molecule has 7 nitrogen and oxygen atoms in total. The van der Waals surface area contributed by atoms with Crippen LogP contribution in [0.1, 0.15) is 50.7 Å². The molecular weight excluding hydrogens is 426 g/mol. The number of aromatic nitrogens is 3. The predicted octanol–water partition coefficient (Wildman–Crippen LogP) is 4.83. The first-order valence-corrected chi connectivity index (χ1v) is 12.5. The van der Waals surface area contributed by atoms with Crippen molar-refractivity contribution in [3.63, 3.8) is 0 Å². The molecule has 0 bridgehead atoms. The van der Waals surface area contributed by atoms with Gasteiger partial charge in [0.05, 0.1) is 18.2 Å². The van der Waals surface area contributed by atoms with Gasteiger partial charge in [0.1, 0.15) is 5.75 Å². The minimum absolute atomic E-state index is 0.00130. The number of fused-ring (bicyclic) bond motifs is 1. The van der Waals surface area contributed by atoms with Crippen LogP contribution in [0.5, 0.6) is 5.75 Å². The first-order chi connectivity index (χ1) is 16.4. The molecule has 3 heterocycles. The topological polar surface area (TPSA) is 63.5 Å². The van der Waals surface area contributed by atoms with Gasteiger partial charge in [-0.25, -0.2) is 0 Å². The monoisotopic (exact) mass is 463 g/mol. The highest BCUT2D eigenvalue weighted by molar-refractivity contribution is 5.99. The third kappa shape index (κ3) is 4.24. The number of piperidine rings is 1. The highest BCUT2D eigenvalue weighted by atomic mass is 16.5. The van der Waals surface area contributed by atoms with Crippen LogP contribution in [0.2, 0.25) is 0 Å². The van der Waals surface area contributed by atoms with E-state index in [0.29, 0.717) is 13.2 Å². The summed E-state index contributed by atoms with van der Waals surface area (Å²) in [6.45, 7) is 16.1. The molecule has 1 fully saturated rings. The van der Waals surface area contributed by atoms with E-state index in [4.69, 9.17) is 4.74 Å². The second-order valence-corrected chi connectivity index (χ2v) is 9.09. The summed E-state index contributed by atoms with van der Waals surface area (Å²) in [6.07, 6.45) is 1.91. The summed E-state index contributed by atoms with van der Waals surface area (Å²) in [5, 5.41) is 11.5. The van der Waals surface area contributed by atoms with E-state index >= 15 is 0 Å². The standard InChI is InChI=1S/C27H37N5O2/c1-7-30(8-2)27(33)21-11-10-16-31(17-21)26-25-20(6)32(19(5)24(25)18(4)28-29-26)22-12-14-23(15-13-22)34-9-3/h12-15,21H,7-11,16-17H2,1-6H3. The van der Waals surface area contributed by atoms with Crippen LogP contribution in [0.3, 0.4) is 0 Å². The second-order valence-electron chi connectivity index (χ2n) is 9.09. The number of rotatable bonds is 7. The number of nitrogens with zero attached hydrogens (tertiary/aromatic N) is 5. The maximum Gasteiger partial charge on any atom is 0.227 e. The SMILES string of the molecule is CCOc1ccc(-n2c(C)c3c(C)nnc(N4CCCC(C(=O)N(CC)CC)C4)c3c2C)cc1. The smallest absolute Gasteiger partial charge is 0.227 e. The first kappa shape index (κ1) is 24.0. The molecule has 4 rings (SSSR count). The van der Waals surface area contributed by atoms with Crippen molar-refractivity contribution in [2.75, 3.05) is 37.7 Å². The third-order valence-corrected chi connectivity index (χ3v) is 7.08. The van der Waals surface area contributed by atoms with Crippen LogP contribution in [0.15, 0.2) is 24.3 Å². The van der Waals surface area contributed by atoms with Crippen LogP contribution >= 0.6 is 0 Å². The Hall–Kier alpha value is -3.09. The summed E-state index contributed by atoms with van der Waals surface area (Å²) < 4.78 is 7.91. The van der Waals surface area contributed by atoms with E-state index < -0.39 is 0 Å². The quantitative estimate of drug-likeness (QED) is 0.502. The Morgan fingerprint density at radius 1 is 1.03 bits per heavy atom. The van der Waals surface area contributed by atoms with Crippen molar-refractivity contribution in [3.05, 3.63) is 41.3 Å². The maximum atomic E-state index is 13.1. The van der Waals surface area contributed by atoms with Crippen molar-refractivity contribution in [1.82, 2.24) is 19.7 Å². The molecule has 1 unspecified atom stereocenters. The molecule has 3 aromatic rings. The molecule has 0 aliphatic carbocycles. The van der Waals surface area contributed by atoms with E-state index in [1.807, 2.05) is 44.7 Å². The lowest BCUT2D eigenvalue weighted by molar-refractivity contribution is -0.135. The average molecular weight is 464 g/mol. The Kier molecular flexibility index (Phi) is 7.10. The number of anilines is 1. The van der Waals surface area contributed by atoms with E-state index in [9.17, 15) is 4.79 Å². The Labute approximate surface area is 202 Å². The second kappa shape index (κ2) is 10.0. The number of carbonyl (C=O) groups excluding carboxylic acids is 1. The van der Waals surface area contributed by atoms with Gasteiger partial charge in [0.15, 0.2) is 5.82 Å². The molecule has 2 aromatic heterocycles. The minimum atomic E-state index is 0.00130. The van der Waals surface area contributed by atoms with Crippen molar-refractivity contribution in [2.24, 2.45) is 5.92 Å². The molecule has 7 heteroatoms. The minimum Gasteiger partial charge on any atom is -0.494 e. The summed E-state index contributed by atoms with van der Waals surface area (Å²) in [5.41, 5.74) is 4.31. The largest absolute Gasteiger partial charge is 0.494 e. The van der Waals surface area contributed by atoms with Crippen LogP contribution in [-0.2, 0) is 4.79 Å². The summed E-state index contributed by atoms with van der Waals surface area (Å²) in [4.78, 5) is 17.3. The lowest BCUT2D eigenvalue weighted by atomic mass is 9.96. The molecule has 0 N–H and O–H groups in total. The van der Waals surface area contributed by atoms with Gasteiger partial charge in [0, 0.05) is 54.0 Å². The zero-order chi connectivity index (χ0) is 24.4. The fraction of sp³-hybridized carbons (Fsp3) is 0.519. The molecule has 182 valence electrons. The van der Waals surface area contributed by atoms with Crippen LogP contribution in [-0.4, -0.2) is 58.4 Å². The highest BCUT2D eigenvalue weighted by Gasteiger charge is 2.31. The van der Waals surface area contributed by atoms with E-state index in [1.165, 1.54) is 0 Å². The summed E-state index contributed by atoms with van der Waals surface area (Å²) in [6, 6.07) is 8.22. The fourth-order valence-electron chi connectivity index (χ4n) is 5.41. The highest BCUT2D eigenvalue weighted by Crippen LogP contribution is 2.37. The van der Waals surface area contributed by atoms with Crippen molar-refractivity contribution in [1.29, 1.82) is 0 Å². The summed E-state index contributed by atoms with van der Waals surface area (Å²) in [5.74, 6) is 2.02. The Balaban J connectivity index is 1.75. The molecule has 1 aliphatic rings. The normalized spacial score (nSPS) is 16.2. The predicted molar refractivity (Wildman–Crippen MR) is 137 cm³/mol. The van der Waals surface area contributed by atoms with E-state index in [1.54, 1.807) is 0 Å². The van der Waals surface area contributed by atoms with Gasteiger partial charge < -0.3 is 19.1 Å². The van der Waals surface area contributed by atoms with E-state index in [-0.39, 0.29) is 11.8 Å². The fourth-order valence-corrected chi connectivity index (χ4v) is 5.41. The zero-order valence-electron chi connectivity index (χ0n) is 21.4. The summed E-state index contributed by atoms with van der Waals surface area (Å²) >= 11 is 0. The van der Waals surface area contributed by atoms with E-state index in [2.05, 4.69) is 45.6 Å². The molecule has 0 radical (unpaired) electrons. The van der Waals surface area contributed by atoms with Crippen LogP contribution in [0.25, 0.3) is 16.5 Å². The number of aryl methyl sites for hydroxylation is 3. The number of hydrogen-bond donors (Lipinski definition) is 0. The molecule has 34 heavy (non-hydrogen) atoms. The number of ether oxygens (including phenoxy) is 1. The van der Waals surface area contributed by atoms with Gasteiger partial charge in [-0.1, -0.05) is 0 Å². The molecule has 1 aromatic carbocycles. The molecule has 0 spiro atoms. The molecular formula is C27H37N5O2. The van der Waals surface area contributed by atoms with Crippen molar-refractivity contribution in [3.8, 4) is 11.4 Å². The number of amides is 1. The van der Waals surface area contributed by atoms with Crippen LogP contribution in [0, 0.1) is 26.7 Å². The third-order valence-electron chi connectivity index (χ3n) is 7.08. The Morgan fingerprint density at radius 3 is 2.35 bits per heavy atom. The van der Waals surface area contributed by atoms with Crippen molar-refractivity contribution in [2.45, 2.75) is 54.4 Å². The Morgan fingerprint density at radius 2 is 1.71 bits per heavy atom. The molecule has 1 aliphatic heterocycles. The Bertz CT molecular complexity index is 1160. The van der Waals surface area contributed by atoms with Crippen LogP contribution in [0.4, 0.5) is 5.82 Å². The van der Waals surface area contributed by atoms with Gasteiger partial charge in [-0.05, 0) is 78.6 Å². The number of hydrogen-bond acceptors (Lipinski definition) is 5. The molecule has 1 atom stereocenters. The molecule has 1 saturated heterocycles. The lowest BCUT2D eigenvalue weighted by Gasteiger charge is -2.35. The molecule has 1 amide bonds. The van der Waals surface area contributed by atoms with Gasteiger partial charge in [0.25, 0.3) is 0 Å². The lowest BCUT2D eigenvalue weighted by Crippen LogP contribution is -2.45. The van der Waals surface area contributed by atoms with Gasteiger partial charge in [0.2, 0.25) is 5.91 Å². The average Bonchev–Trinajstić information content (AvgIpc) is 3.12. The van der Waals surface area contributed by atoms with Gasteiger partial charge in [-0.15, -0.1) is 5.10 Å². The van der Waals surface area contributed by atoms with Crippen molar-refractivity contribution < 1.29 is 9.53 Å².